The first kappa shape index (κ1) is 24.0. The third-order valence-electron chi connectivity index (χ3n) is 5.14. The molecule has 3 N–H and O–H groups in total. The first-order valence-electron chi connectivity index (χ1n) is 10.9. The Kier molecular flexibility index (Phi) is 7.79. The first-order chi connectivity index (χ1) is 17.0. The molecule has 0 unspecified atom stereocenters. The van der Waals surface area contributed by atoms with E-state index in [-0.39, 0.29) is 34.7 Å². The summed E-state index contributed by atoms with van der Waals surface area (Å²) in [6.07, 6.45) is -0.0519. The van der Waals surface area contributed by atoms with Crippen LogP contribution in [0.2, 0.25) is 0 Å². The number of rotatable bonds is 9. The van der Waals surface area contributed by atoms with Gasteiger partial charge in [0.2, 0.25) is 11.8 Å². The molecule has 8 nitrogen and oxygen atoms in total. The second kappa shape index (κ2) is 11.3. The number of hydrogen-bond acceptors (Lipinski definition) is 6. The molecule has 1 heterocycles. The number of aromatic nitrogens is 2. The Hall–Kier alpha value is -4.11. The Bertz CT molecular complexity index is 1410. The molecule has 0 saturated carbocycles. The van der Waals surface area contributed by atoms with E-state index in [2.05, 4.69) is 20.6 Å². The summed E-state index contributed by atoms with van der Waals surface area (Å²) in [5.74, 6) is 0.266. The smallest absolute Gasteiger partial charge is 0.251 e. The number of nitrogens with zero attached hydrogens (tertiary/aromatic N) is 1. The fourth-order valence-corrected chi connectivity index (χ4v) is 4.20. The molecular weight excluding hydrogens is 464 g/mol. The highest BCUT2D eigenvalue weighted by molar-refractivity contribution is 7.99. The first-order valence-corrected chi connectivity index (χ1v) is 11.9. The standard InChI is InChI=1S/C26H24N4O4S/c1-34-20-9-4-6-17(12-20)15-27-23(31)13-19-14-24(32)30-26(28-19)35-16-25(33)29-22-11-5-8-18-7-2-3-10-21(18)22/h2-12,14H,13,15-16H2,1H3,(H,27,31)(H,29,33)(H,28,30,32). The van der Waals surface area contributed by atoms with Gasteiger partial charge in [-0.3, -0.25) is 14.4 Å². The van der Waals surface area contributed by atoms with E-state index in [9.17, 15) is 14.4 Å². The lowest BCUT2D eigenvalue weighted by Gasteiger charge is -2.09. The fourth-order valence-electron chi connectivity index (χ4n) is 3.51. The molecule has 3 aromatic carbocycles. The minimum absolute atomic E-state index is 0.0519. The van der Waals surface area contributed by atoms with Crippen molar-refractivity contribution in [3.63, 3.8) is 0 Å². The molecule has 0 radical (unpaired) electrons. The van der Waals surface area contributed by atoms with Crippen molar-refractivity contribution < 1.29 is 14.3 Å². The predicted octanol–water partition coefficient (Wildman–Crippen LogP) is 3.52. The van der Waals surface area contributed by atoms with E-state index in [1.165, 1.54) is 6.07 Å². The van der Waals surface area contributed by atoms with Gasteiger partial charge in [-0.2, -0.15) is 0 Å². The van der Waals surface area contributed by atoms with Gasteiger partial charge in [0, 0.05) is 23.7 Å². The number of carbonyl (C=O) groups is 2. The molecule has 0 aliphatic rings. The summed E-state index contributed by atoms with van der Waals surface area (Å²) in [5, 5.41) is 7.97. The van der Waals surface area contributed by atoms with E-state index in [1.807, 2.05) is 66.7 Å². The van der Waals surface area contributed by atoms with E-state index in [0.29, 0.717) is 18.0 Å². The third kappa shape index (κ3) is 6.70. The Labute approximate surface area is 206 Å². The van der Waals surface area contributed by atoms with Gasteiger partial charge in [-0.1, -0.05) is 60.3 Å². The summed E-state index contributed by atoms with van der Waals surface area (Å²) in [5.41, 5.74) is 1.56. The summed E-state index contributed by atoms with van der Waals surface area (Å²) in [7, 11) is 1.58. The quantitative estimate of drug-likeness (QED) is 0.245. The van der Waals surface area contributed by atoms with E-state index in [4.69, 9.17) is 4.74 Å². The summed E-state index contributed by atoms with van der Waals surface area (Å²) in [6, 6.07) is 22.2. The molecule has 9 heteroatoms. The Morgan fingerprint density at radius 2 is 1.80 bits per heavy atom. The molecule has 2 amide bonds. The van der Waals surface area contributed by atoms with Crippen molar-refractivity contribution in [2.75, 3.05) is 18.2 Å². The topological polar surface area (TPSA) is 113 Å². The summed E-state index contributed by atoms with van der Waals surface area (Å²) >= 11 is 1.10. The summed E-state index contributed by atoms with van der Waals surface area (Å²) < 4.78 is 5.18. The van der Waals surface area contributed by atoms with Crippen molar-refractivity contribution in [1.82, 2.24) is 15.3 Å². The zero-order valence-corrected chi connectivity index (χ0v) is 19.9. The largest absolute Gasteiger partial charge is 0.497 e. The fraction of sp³-hybridized carbons (Fsp3) is 0.154. The average molecular weight is 489 g/mol. The molecular formula is C26H24N4O4S. The minimum atomic E-state index is -0.382. The zero-order chi connectivity index (χ0) is 24.6. The second-order valence-electron chi connectivity index (χ2n) is 7.71. The molecule has 0 aliphatic heterocycles. The molecule has 1 aromatic heterocycles. The second-order valence-corrected chi connectivity index (χ2v) is 8.67. The number of fused-ring (bicyclic) bond motifs is 1. The highest BCUT2D eigenvalue weighted by Gasteiger charge is 2.11. The third-order valence-corrected chi connectivity index (χ3v) is 6.02. The Balaban J connectivity index is 1.33. The van der Waals surface area contributed by atoms with Crippen molar-refractivity contribution in [3.8, 4) is 5.75 Å². The van der Waals surface area contributed by atoms with Crippen LogP contribution in [0.3, 0.4) is 0 Å². The van der Waals surface area contributed by atoms with E-state index in [1.54, 1.807) is 7.11 Å². The molecule has 0 atom stereocenters. The maximum absolute atomic E-state index is 12.5. The number of nitrogens with one attached hydrogen (secondary N) is 3. The molecule has 0 fully saturated rings. The normalized spacial score (nSPS) is 10.7. The summed E-state index contributed by atoms with van der Waals surface area (Å²) in [6.45, 7) is 0.329. The highest BCUT2D eigenvalue weighted by Crippen LogP contribution is 2.23. The van der Waals surface area contributed by atoms with Crippen LogP contribution in [0.4, 0.5) is 5.69 Å². The number of benzene rings is 3. The van der Waals surface area contributed by atoms with Gasteiger partial charge >= 0.3 is 0 Å². The van der Waals surface area contributed by atoms with Crippen molar-refractivity contribution in [1.29, 1.82) is 0 Å². The highest BCUT2D eigenvalue weighted by atomic mass is 32.2. The Morgan fingerprint density at radius 3 is 2.66 bits per heavy atom. The number of H-pyrrole nitrogens is 1. The lowest BCUT2D eigenvalue weighted by molar-refractivity contribution is -0.120. The van der Waals surface area contributed by atoms with Crippen LogP contribution in [0.25, 0.3) is 10.8 Å². The molecule has 4 aromatic rings. The van der Waals surface area contributed by atoms with Crippen LogP contribution in [0.1, 0.15) is 11.3 Å². The number of thioether (sulfide) groups is 1. The van der Waals surface area contributed by atoms with Crippen LogP contribution >= 0.6 is 11.8 Å². The maximum atomic E-state index is 12.5. The van der Waals surface area contributed by atoms with Gasteiger partial charge in [-0.05, 0) is 29.1 Å². The monoisotopic (exact) mass is 488 g/mol. The SMILES string of the molecule is COc1cccc(CNC(=O)Cc2cc(=O)[nH]c(SCC(=O)Nc3cccc4ccccc34)n2)c1. The van der Waals surface area contributed by atoms with Gasteiger partial charge in [0.05, 0.1) is 25.0 Å². The average Bonchev–Trinajstić information content (AvgIpc) is 2.86. The lowest BCUT2D eigenvalue weighted by atomic mass is 10.1. The van der Waals surface area contributed by atoms with Crippen molar-refractivity contribution in [3.05, 3.63) is 94.4 Å². The van der Waals surface area contributed by atoms with Crippen LogP contribution in [0, 0.1) is 0 Å². The maximum Gasteiger partial charge on any atom is 0.251 e. The molecule has 0 aliphatic carbocycles. The van der Waals surface area contributed by atoms with Crippen LogP contribution in [-0.2, 0) is 22.6 Å². The number of hydrogen-bond donors (Lipinski definition) is 3. The molecule has 0 bridgehead atoms. The van der Waals surface area contributed by atoms with Crippen LogP contribution in [-0.4, -0.2) is 34.6 Å². The minimum Gasteiger partial charge on any atom is -0.497 e. The van der Waals surface area contributed by atoms with Crippen molar-refractivity contribution in [2.24, 2.45) is 0 Å². The van der Waals surface area contributed by atoms with Crippen molar-refractivity contribution in [2.45, 2.75) is 18.1 Å². The number of amides is 2. The van der Waals surface area contributed by atoms with Crippen LogP contribution < -0.4 is 20.9 Å². The number of carbonyl (C=O) groups excluding carboxylic acids is 2. The molecule has 4 rings (SSSR count). The zero-order valence-electron chi connectivity index (χ0n) is 19.0. The van der Waals surface area contributed by atoms with Gasteiger partial charge in [0.1, 0.15) is 5.75 Å². The van der Waals surface area contributed by atoms with Crippen LogP contribution in [0.5, 0.6) is 5.75 Å². The van der Waals surface area contributed by atoms with E-state index >= 15 is 0 Å². The van der Waals surface area contributed by atoms with Gasteiger partial charge in [-0.25, -0.2) is 4.98 Å². The lowest BCUT2D eigenvalue weighted by Crippen LogP contribution is -2.26. The molecule has 35 heavy (non-hydrogen) atoms. The van der Waals surface area contributed by atoms with E-state index in [0.717, 1.165) is 33.8 Å². The van der Waals surface area contributed by atoms with Gasteiger partial charge in [0.15, 0.2) is 5.16 Å². The predicted molar refractivity (Wildman–Crippen MR) is 137 cm³/mol. The summed E-state index contributed by atoms with van der Waals surface area (Å²) in [4.78, 5) is 43.9. The molecule has 0 spiro atoms. The molecule has 178 valence electrons. The van der Waals surface area contributed by atoms with Crippen LogP contribution in [0.15, 0.2) is 82.7 Å². The number of ether oxygens (including phenoxy) is 1. The van der Waals surface area contributed by atoms with Gasteiger partial charge in [-0.15, -0.1) is 0 Å². The van der Waals surface area contributed by atoms with E-state index < -0.39 is 0 Å². The molecule has 0 saturated heterocycles. The van der Waals surface area contributed by atoms with Gasteiger partial charge < -0.3 is 20.4 Å². The Morgan fingerprint density at radius 1 is 1.00 bits per heavy atom. The van der Waals surface area contributed by atoms with Crippen molar-refractivity contribution >= 4 is 40.0 Å². The number of aromatic amines is 1. The van der Waals surface area contributed by atoms with Gasteiger partial charge in [0.25, 0.3) is 5.56 Å². The number of anilines is 1. The number of methoxy groups -OCH3 is 1.